The van der Waals surface area contributed by atoms with Gasteiger partial charge in [-0.1, -0.05) is 37.1 Å². The van der Waals surface area contributed by atoms with Crippen molar-refractivity contribution in [1.82, 2.24) is 5.32 Å². The lowest BCUT2D eigenvalue weighted by Crippen LogP contribution is -2.25. The molecule has 0 saturated heterocycles. The molecule has 1 N–H and O–H groups in total. The minimum absolute atomic E-state index is 0.323. The predicted octanol–water partition coefficient (Wildman–Crippen LogP) is 4.02. The summed E-state index contributed by atoms with van der Waals surface area (Å²) in [4.78, 5) is 0. The molecule has 1 saturated carbocycles. The van der Waals surface area contributed by atoms with Crippen LogP contribution in [0.1, 0.15) is 38.2 Å². The standard InChI is InChI=1S/C15H22ClNO/c1-11-5-3-7-13(9-11)18-15-12(10-17-2)6-4-8-14(15)16/h4,6,8,11,13,17H,3,5,7,9-10H2,1-2H3. The fourth-order valence-corrected chi connectivity index (χ4v) is 2.91. The molecule has 0 aromatic heterocycles. The number of para-hydroxylation sites is 1. The first-order valence-corrected chi connectivity index (χ1v) is 7.17. The Balaban J connectivity index is 2.11. The number of nitrogens with one attached hydrogen (secondary N) is 1. The summed E-state index contributed by atoms with van der Waals surface area (Å²) in [5.74, 6) is 1.63. The van der Waals surface area contributed by atoms with Crippen molar-refractivity contribution in [3.63, 3.8) is 0 Å². The Hall–Kier alpha value is -0.730. The van der Waals surface area contributed by atoms with Crippen molar-refractivity contribution in [3.8, 4) is 5.75 Å². The smallest absolute Gasteiger partial charge is 0.142 e. The van der Waals surface area contributed by atoms with E-state index in [1.165, 1.54) is 12.8 Å². The summed E-state index contributed by atoms with van der Waals surface area (Å²) in [6.45, 7) is 3.09. The Kier molecular flexibility index (Phi) is 4.90. The lowest BCUT2D eigenvalue weighted by atomic mass is 9.88. The van der Waals surface area contributed by atoms with Crippen LogP contribution in [0.2, 0.25) is 5.02 Å². The molecular weight excluding hydrogens is 246 g/mol. The van der Waals surface area contributed by atoms with Gasteiger partial charge >= 0.3 is 0 Å². The average Bonchev–Trinajstić information content (AvgIpc) is 2.34. The van der Waals surface area contributed by atoms with Crippen LogP contribution < -0.4 is 10.1 Å². The number of benzene rings is 1. The van der Waals surface area contributed by atoms with Crippen molar-refractivity contribution < 1.29 is 4.74 Å². The summed E-state index contributed by atoms with van der Waals surface area (Å²) in [5, 5.41) is 3.88. The number of rotatable bonds is 4. The fourth-order valence-electron chi connectivity index (χ4n) is 2.67. The molecule has 100 valence electrons. The molecule has 1 aliphatic carbocycles. The first-order chi connectivity index (χ1) is 8.70. The highest BCUT2D eigenvalue weighted by molar-refractivity contribution is 6.32. The van der Waals surface area contributed by atoms with Crippen molar-refractivity contribution in [2.24, 2.45) is 5.92 Å². The molecule has 0 amide bonds. The van der Waals surface area contributed by atoms with E-state index in [9.17, 15) is 0 Å². The van der Waals surface area contributed by atoms with Crippen molar-refractivity contribution in [2.75, 3.05) is 7.05 Å². The molecule has 18 heavy (non-hydrogen) atoms. The molecule has 0 aliphatic heterocycles. The van der Waals surface area contributed by atoms with Crippen LogP contribution in [0.3, 0.4) is 0 Å². The van der Waals surface area contributed by atoms with Gasteiger partial charge in [0.2, 0.25) is 0 Å². The van der Waals surface area contributed by atoms with Gasteiger partial charge in [0.25, 0.3) is 0 Å². The van der Waals surface area contributed by atoms with Crippen molar-refractivity contribution >= 4 is 11.6 Å². The van der Waals surface area contributed by atoms with Gasteiger partial charge in [-0.15, -0.1) is 0 Å². The Morgan fingerprint density at radius 3 is 2.94 bits per heavy atom. The SMILES string of the molecule is CNCc1cccc(Cl)c1OC1CCCC(C)C1. The number of halogens is 1. The highest BCUT2D eigenvalue weighted by Gasteiger charge is 2.22. The second-order valence-electron chi connectivity index (χ2n) is 5.27. The Bertz CT molecular complexity index is 394. The summed E-state index contributed by atoms with van der Waals surface area (Å²) >= 11 is 6.27. The maximum atomic E-state index is 6.27. The van der Waals surface area contributed by atoms with E-state index in [0.29, 0.717) is 6.10 Å². The number of ether oxygens (including phenoxy) is 1. The summed E-state index contributed by atoms with van der Waals surface area (Å²) in [6.07, 6.45) is 5.20. The number of hydrogen-bond acceptors (Lipinski definition) is 2. The Morgan fingerprint density at radius 2 is 2.22 bits per heavy atom. The summed E-state index contributed by atoms with van der Waals surface area (Å²) in [6, 6.07) is 5.96. The first kappa shape index (κ1) is 13.7. The van der Waals surface area contributed by atoms with Crippen LogP contribution in [0.25, 0.3) is 0 Å². The minimum Gasteiger partial charge on any atom is -0.489 e. The summed E-state index contributed by atoms with van der Waals surface area (Å²) in [5.41, 5.74) is 1.14. The van der Waals surface area contributed by atoms with Crippen molar-refractivity contribution in [2.45, 2.75) is 45.3 Å². The molecular formula is C15H22ClNO. The molecule has 1 aromatic carbocycles. The molecule has 0 spiro atoms. The van der Waals surface area contributed by atoms with Gasteiger partial charge in [0.1, 0.15) is 5.75 Å². The van der Waals surface area contributed by atoms with Gasteiger partial charge in [0, 0.05) is 12.1 Å². The zero-order valence-electron chi connectivity index (χ0n) is 11.2. The maximum Gasteiger partial charge on any atom is 0.142 e. The van der Waals surface area contributed by atoms with Crippen LogP contribution in [0.5, 0.6) is 5.75 Å². The third kappa shape index (κ3) is 3.39. The van der Waals surface area contributed by atoms with E-state index in [0.717, 1.165) is 41.6 Å². The lowest BCUT2D eigenvalue weighted by molar-refractivity contribution is 0.128. The van der Waals surface area contributed by atoms with E-state index in [-0.39, 0.29) is 0 Å². The third-order valence-electron chi connectivity index (χ3n) is 3.59. The van der Waals surface area contributed by atoms with Crippen LogP contribution in [-0.4, -0.2) is 13.2 Å². The molecule has 0 heterocycles. The van der Waals surface area contributed by atoms with E-state index in [2.05, 4.69) is 18.3 Å². The largest absolute Gasteiger partial charge is 0.489 e. The highest BCUT2D eigenvalue weighted by Crippen LogP contribution is 2.33. The molecule has 1 aliphatic rings. The monoisotopic (exact) mass is 267 g/mol. The average molecular weight is 268 g/mol. The Labute approximate surface area is 115 Å². The van der Waals surface area contributed by atoms with E-state index >= 15 is 0 Å². The van der Waals surface area contributed by atoms with Crippen molar-refractivity contribution in [3.05, 3.63) is 28.8 Å². The molecule has 1 aromatic rings. The molecule has 1 fully saturated rings. The topological polar surface area (TPSA) is 21.3 Å². The van der Waals surface area contributed by atoms with Gasteiger partial charge in [-0.2, -0.15) is 0 Å². The Morgan fingerprint density at radius 1 is 1.39 bits per heavy atom. The molecule has 2 rings (SSSR count). The van der Waals surface area contributed by atoms with Crippen LogP contribution in [0.15, 0.2) is 18.2 Å². The summed E-state index contributed by atoms with van der Waals surface area (Å²) < 4.78 is 6.17. The highest BCUT2D eigenvalue weighted by atomic mass is 35.5. The molecule has 0 bridgehead atoms. The van der Waals surface area contributed by atoms with E-state index < -0.39 is 0 Å². The third-order valence-corrected chi connectivity index (χ3v) is 3.89. The second kappa shape index (κ2) is 6.44. The van der Waals surface area contributed by atoms with Gasteiger partial charge < -0.3 is 10.1 Å². The van der Waals surface area contributed by atoms with E-state index in [1.54, 1.807) is 0 Å². The van der Waals surface area contributed by atoms with Gasteiger partial charge in [0.15, 0.2) is 0 Å². The molecule has 0 radical (unpaired) electrons. The van der Waals surface area contributed by atoms with Gasteiger partial charge in [0.05, 0.1) is 11.1 Å². The molecule has 3 heteroatoms. The van der Waals surface area contributed by atoms with Gasteiger partial charge in [-0.3, -0.25) is 0 Å². The summed E-state index contributed by atoms with van der Waals surface area (Å²) in [7, 11) is 1.94. The predicted molar refractivity (Wildman–Crippen MR) is 76.3 cm³/mol. The molecule has 2 nitrogen and oxygen atoms in total. The van der Waals surface area contributed by atoms with E-state index in [4.69, 9.17) is 16.3 Å². The quantitative estimate of drug-likeness (QED) is 0.890. The fraction of sp³-hybridized carbons (Fsp3) is 0.600. The molecule has 2 unspecified atom stereocenters. The van der Waals surface area contributed by atoms with Crippen LogP contribution in [0, 0.1) is 5.92 Å². The number of hydrogen-bond donors (Lipinski definition) is 1. The van der Waals surface area contributed by atoms with Crippen LogP contribution in [-0.2, 0) is 6.54 Å². The van der Waals surface area contributed by atoms with Gasteiger partial charge in [-0.05, 0) is 38.3 Å². The van der Waals surface area contributed by atoms with E-state index in [1.807, 2.05) is 19.2 Å². The second-order valence-corrected chi connectivity index (χ2v) is 5.68. The van der Waals surface area contributed by atoms with Crippen molar-refractivity contribution in [1.29, 1.82) is 0 Å². The van der Waals surface area contributed by atoms with Gasteiger partial charge in [-0.25, -0.2) is 0 Å². The first-order valence-electron chi connectivity index (χ1n) is 6.79. The lowest BCUT2D eigenvalue weighted by Gasteiger charge is -2.28. The maximum absolute atomic E-state index is 6.27. The minimum atomic E-state index is 0.323. The molecule has 2 atom stereocenters. The van der Waals surface area contributed by atoms with Crippen LogP contribution >= 0.6 is 11.6 Å². The zero-order valence-corrected chi connectivity index (χ0v) is 12.0. The zero-order chi connectivity index (χ0) is 13.0. The normalized spacial score (nSPS) is 23.9. The van der Waals surface area contributed by atoms with Crippen LogP contribution in [0.4, 0.5) is 0 Å².